The smallest absolute Gasteiger partial charge is 0.412 e. The molecule has 246 valence electrons. The van der Waals surface area contributed by atoms with Crippen molar-refractivity contribution in [3.8, 4) is 0 Å². The molecule has 0 aliphatic carbocycles. The number of thiazole rings is 1. The summed E-state index contributed by atoms with van der Waals surface area (Å²) in [5.41, 5.74) is -0.110. The number of rotatable bonds is 12. The number of Topliss-reactive ketones (excluding diaryl/α,β-unsaturated/α-hetero) is 2. The van der Waals surface area contributed by atoms with Crippen LogP contribution in [-0.2, 0) is 35.0 Å². The highest BCUT2D eigenvalue weighted by Crippen LogP contribution is 2.33. The SMILES string of the molecule is O=C(Nc1cccn([C@@H](Cc2ccccc2)C(=O)N[C@@H](C[C@@H]2CCNC2=O)C(=O)C(=O)c2nccs2)c1=O)O[C@H]1CO[C@H]2OCC[C@H]21. The van der Waals surface area contributed by atoms with Crippen LogP contribution >= 0.6 is 11.3 Å². The lowest BCUT2D eigenvalue weighted by molar-refractivity contribution is -0.129. The van der Waals surface area contributed by atoms with E-state index in [0.717, 1.165) is 15.9 Å². The zero-order valence-corrected chi connectivity index (χ0v) is 26.0. The minimum atomic E-state index is -1.35. The molecule has 3 aromatic rings. The molecule has 1 aromatic carbocycles. The van der Waals surface area contributed by atoms with Crippen molar-refractivity contribution in [3.63, 3.8) is 0 Å². The number of nitrogens with one attached hydrogen (secondary N) is 3. The summed E-state index contributed by atoms with van der Waals surface area (Å²) in [6.07, 6.45) is 2.03. The number of aromatic nitrogens is 2. The number of carbonyl (C=O) groups excluding carboxylic acids is 5. The molecule has 47 heavy (non-hydrogen) atoms. The van der Waals surface area contributed by atoms with Crippen molar-refractivity contribution in [3.05, 3.63) is 81.2 Å². The first-order chi connectivity index (χ1) is 22.8. The van der Waals surface area contributed by atoms with Crippen molar-refractivity contribution < 1.29 is 38.2 Å². The van der Waals surface area contributed by atoms with Crippen molar-refractivity contribution in [2.75, 3.05) is 25.1 Å². The van der Waals surface area contributed by atoms with Gasteiger partial charge in [-0.3, -0.25) is 29.3 Å². The van der Waals surface area contributed by atoms with E-state index in [0.29, 0.717) is 31.6 Å². The Labute approximate surface area is 272 Å². The molecule has 0 radical (unpaired) electrons. The Morgan fingerprint density at radius 3 is 2.66 bits per heavy atom. The molecule has 3 saturated heterocycles. The summed E-state index contributed by atoms with van der Waals surface area (Å²) in [6, 6.07) is 9.28. The molecular weight excluding hydrogens is 630 g/mol. The van der Waals surface area contributed by atoms with E-state index >= 15 is 0 Å². The first-order valence-electron chi connectivity index (χ1n) is 15.3. The predicted octanol–water partition coefficient (Wildman–Crippen LogP) is 1.86. The topological polar surface area (TPSA) is 184 Å². The Kier molecular flexibility index (Phi) is 9.84. The van der Waals surface area contributed by atoms with Gasteiger partial charge in [-0.2, -0.15) is 0 Å². The highest BCUT2D eigenvalue weighted by Gasteiger charge is 2.44. The average Bonchev–Trinajstić information content (AvgIpc) is 3.89. The summed E-state index contributed by atoms with van der Waals surface area (Å²) in [5, 5.41) is 9.39. The monoisotopic (exact) mass is 663 g/mol. The van der Waals surface area contributed by atoms with Crippen molar-refractivity contribution in [2.24, 2.45) is 11.8 Å². The van der Waals surface area contributed by atoms with E-state index < -0.39 is 59.5 Å². The highest BCUT2D eigenvalue weighted by atomic mass is 32.1. The maximum Gasteiger partial charge on any atom is 0.412 e. The second kappa shape index (κ2) is 14.4. The van der Waals surface area contributed by atoms with Crippen LogP contribution in [0.1, 0.15) is 40.7 Å². The normalized spacial score (nSPS) is 22.9. The van der Waals surface area contributed by atoms with Crippen LogP contribution in [0.4, 0.5) is 10.5 Å². The molecule has 0 bridgehead atoms. The molecule has 6 atom stereocenters. The van der Waals surface area contributed by atoms with Gasteiger partial charge in [-0.05, 0) is 37.0 Å². The van der Waals surface area contributed by atoms with Crippen LogP contribution in [0.25, 0.3) is 0 Å². The molecule has 3 fully saturated rings. The van der Waals surface area contributed by atoms with Crippen LogP contribution in [0.15, 0.2) is 65.0 Å². The lowest BCUT2D eigenvalue weighted by Gasteiger charge is -2.25. The highest BCUT2D eigenvalue weighted by molar-refractivity contribution is 7.12. The molecule has 3 amide bonds. The maximum atomic E-state index is 14.1. The van der Waals surface area contributed by atoms with Gasteiger partial charge >= 0.3 is 6.09 Å². The summed E-state index contributed by atoms with van der Waals surface area (Å²) in [5.74, 6) is -3.49. The Hall–Kier alpha value is -4.73. The summed E-state index contributed by atoms with van der Waals surface area (Å²) >= 11 is 0.990. The van der Waals surface area contributed by atoms with Crippen molar-refractivity contribution in [2.45, 2.75) is 50.2 Å². The third-order valence-corrected chi connectivity index (χ3v) is 9.30. The lowest BCUT2D eigenvalue weighted by Crippen LogP contribution is -2.49. The number of fused-ring (bicyclic) bond motifs is 1. The molecule has 0 saturated carbocycles. The maximum absolute atomic E-state index is 14.1. The minimum absolute atomic E-state index is 0.0343. The third kappa shape index (κ3) is 7.32. The molecule has 2 aromatic heterocycles. The van der Waals surface area contributed by atoms with E-state index in [4.69, 9.17) is 14.2 Å². The van der Waals surface area contributed by atoms with E-state index in [9.17, 15) is 28.8 Å². The van der Waals surface area contributed by atoms with Crippen LogP contribution in [0.5, 0.6) is 0 Å². The number of ether oxygens (including phenoxy) is 3. The second-order valence-corrected chi connectivity index (χ2v) is 12.4. The number of nitrogens with zero attached hydrogens (tertiary/aromatic N) is 2. The van der Waals surface area contributed by atoms with Gasteiger partial charge in [0.2, 0.25) is 17.6 Å². The Morgan fingerprint density at radius 1 is 1.09 bits per heavy atom. The quantitative estimate of drug-likeness (QED) is 0.191. The van der Waals surface area contributed by atoms with E-state index in [1.807, 2.05) is 6.07 Å². The van der Waals surface area contributed by atoms with Crippen LogP contribution < -0.4 is 21.5 Å². The minimum Gasteiger partial charge on any atom is -0.443 e. The number of hydrogen-bond donors (Lipinski definition) is 3. The van der Waals surface area contributed by atoms with Crippen molar-refractivity contribution in [1.29, 1.82) is 0 Å². The average molecular weight is 664 g/mol. The van der Waals surface area contributed by atoms with Gasteiger partial charge < -0.3 is 29.4 Å². The third-order valence-electron chi connectivity index (χ3n) is 8.53. The van der Waals surface area contributed by atoms with Crippen LogP contribution in [0.3, 0.4) is 0 Å². The zero-order chi connectivity index (χ0) is 32.9. The molecule has 3 aliphatic heterocycles. The molecule has 5 heterocycles. The van der Waals surface area contributed by atoms with Gasteiger partial charge in [-0.1, -0.05) is 30.3 Å². The number of amides is 3. The molecule has 3 aliphatic rings. The van der Waals surface area contributed by atoms with Gasteiger partial charge in [0.15, 0.2) is 11.3 Å². The molecule has 0 unspecified atom stereocenters. The summed E-state index contributed by atoms with van der Waals surface area (Å²) in [4.78, 5) is 83.5. The second-order valence-electron chi connectivity index (χ2n) is 11.5. The van der Waals surface area contributed by atoms with Crippen molar-refractivity contribution >= 4 is 46.5 Å². The van der Waals surface area contributed by atoms with Crippen LogP contribution in [0, 0.1) is 11.8 Å². The summed E-state index contributed by atoms with van der Waals surface area (Å²) in [7, 11) is 0. The Balaban J connectivity index is 1.25. The van der Waals surface area contributed by atoms with Gasteiger partial charge in [0, 0.05) is 36.7 Å². The predicted molar refractivity (Wildman–Crippen MR) is 167 cm³/mol. The van der Waals surface area contributed by atoms with Crippen LogP contribution in [0.2, 0.25) is 0 Å². The molecule has 6 rings (SSSR count). The fourth-order valence-electron chi connectivity index (χ4n) is 6.08. The van der Waals surface area contributed by atoms with Gasteiger partial charge in [0.1, 0.15) is 17.8 Å². The number of ketones is 2. The van der Waals surface area contributed by atoms with E-state index in [1.54, 1.807) is 29.6 Å². The molecule has 15 heteroatoms. The van der Waals surface area contributed by atoms with Crippen LogP contribution in [-0.4, -0.2) is 77.2 Å². The van der Waals surface area contributed by atoms with Gasteiger partial charge in [-0.15, -0.1) is 11.3 Å². The number of anilines is 1. The summed E-state index contributed by atoms with van der Waals surface area (Å²) < 4.78 is 17.7. The first-order valence-corrected chi connectivity index (χ1v) is 16.2. The van der Waals surface area contributed by atoms with Gasteiger partial charge in [0.25, 0.3) is 11.3 Å². The number of hydrogen-bond acceptors (Lipinski definition) is 11. The fourth-order valence-corrected chi connectivity index (χ4v) is 6.66. The molecule has 14 nitrogen and oxygen atoms in total. The Bertz CT molecular complexity index is 1700. The lowest BCUT2D eigenvalue weighted by atomic mass is 9.93. The fraction of sp³-hybridized carbons (Fsp3) is 0.406. The zero-order valence-electron chi connectivity index (χ0n) is 25.2. The number of pyridine rings is 1. The number of benzene rings is 1. The first kappa shape index (κ1) is 32.2. The van der Waals surface area contributed by atoms with Gasteiger partial charge in [-0.25, -0.2) is 9.78 Å². The summed E-state index contributed by atoms with van der Waals surface area (Å²) in [6.45, 7) is 1.09. The number of carbonyl (C=O) groups is 5. The molecular formula is C32H33N5O9S. The van der Waals surface area contributed by atoms with Crippen molar-refractivity contribution in [1.82, 2.24) is 20.2 Å². The van der Waals surface area contributed by atoms with E-state index in [2.05, 4.69) is 20.9 Å². The van der Waals surface area contributed by atoms with E-state index in [1.165, 1.54) is 24.5 Å². The molecule has 0 spiro atoms. The Morgan fingerprint density at radius 2 is 1.91 bits per heavy atom. The largest absolute Gasteiger partial charge is 0.443 e. The van der Waals surface area contributed by atoms with Gasteiger partial charge in [0.05, 0.1) is 25.2 Å². The standard InChI is InChI=1S/C32H33N5O9S/c38-25(26(39)29-34-11-14-47-29)22(16-19-8-10-33-27(19)40)35-28(41)23(15-18-5-2-1-3-6-18)37-12-4-7-21(30(37)42)36-32(43)46-24-17-45-31-20(24)9-13-44-31/h1-7,11-12,14,19-20,22-24,31H,8-10,13,15-17H2,(H,33,40)(H,35,41)(H,36,43)/t19-,20-,22-,23-,24-,31+/m0/s1. The molecule has 3 N–H and O–H groups in total. The van der Waals surface area contributed by atoms with E-state index in [-0.39, 0.29) is 42.0 Å².